The third-order valence-corrected chi connectivity index (χ3v) is 4.49. The van der Waals surface area contributed by atoms with Crippen LogP contribution >= 0.6 is 0 Å². The molecule has 2 N–H and O–H groups in total. The van der Waals surface area contributed by atoms with Gasteiger partial charge in [-0.3, -0.25) is 0 Å². The number of alkyl carbamates (subject to hydrolysis) is 1. The molecule has 136 valence electrons. The molecule has 0 unspecified atom stereocenters. The highest BCUT2D eigenvalue weighted by Crippen LogP contribution is 2.11. The number of benzene rings is 1. The van der Waals surface area contributed by atoms with Crippen LogP contribution in [0.2, 0.25) is 0 Å². The normalized spacial score (nSPS) is 13.6. The van der Waals surface area contributed by atoms with E-state index in [1.807, 2.05) is 13.8 Å². The van der Waals surface area contributed by atoms with Crippen LogP contribution in [-0.4, -0.2) is 32.7 Å². The lowest BCUT2D eigenvalue weighted by atomic mass is 10.0. The van der Waals surface area contributed by atoms with Gasteiger partial charge < -0.3 is 10.1 Å². The molecule has 1 aromatic carbocycles. The van der Waals surface area contributed by atoms with Crippen molar-refractivity contribution in [3.8, 4) is 0 Å². The number of sulfonamides is 1. The van der Waals surface area contributed by atoms with Crippen molar-refractivity contribution in [2.45, 2.75) is 57.6 Å². The Labute approximate surface area is 145 Å². The quantitative estimate of drug-likeness (QED) is 0.787. The summed E-state index contributed by atoms with van der Waals surface area (Å²) in [6, 6.07) is 7.80. The predicted molar refractivity (Wildman–Crippen MR) is 94.2 cm³/mol. The van der Waals surface area contributed by atoms with E-state index in [4.69, 9.17) is 4.74 Å². The zero-order valence-corrected chi connectivity index (χ0v) is 15.8. The molecule has 0 heterocycles. The van der Waals surface area contributed by atoms with Gasteiger partial charge in [0, 0.05) is 12.6 Å². The van der Waals surface area contributed by atoms with Crippen LogP contribution in [0.4, 0.5) is 4.79 Å². The van der Waals surface area contributed by atoms with E-state index in [-0.39, 0.29) is 17.5 Å². The highest BCUT2D eigenvalue weighted by Gasteiger charge is 2.22. The van der Waals surface area contributed by atoms with Crippen molar-refractivity contribution in [1.82, 2.24) is 10.0 Å². The Morgan fingerprint density at radius 2 is 1.75 bits per heavy atom. The van der Waals surface area contributed by atoms with Gasteiger partial charge in [-0.25, -0.2) is 17.9 Å². The first-order valence-electron chi connectivity index (χ1n) is 8.04. The lowest BCUT2D eigenvalue weighted by molar-refractivity contribution is 0.0499. The maximum Gasteiger partial charge on any atom is 0.407 e. The smallest absolute Gasteiger partial charge is 0.407 e. The van der Waals surface area contributed by atoms with Crippen molar-refractivity contribution in [2.24, 2.45) is 5.92 Å². The largest absolute Gasteiger partial charge is 0.444 e. The van der Waals surface area contributed by atoms with E-state index in [1.54, 1.807) is 39.0 Å². The molecular weight excluding hydrogens is 328 g/mol. The monoisotopic (exact) mass is 356 g/mol. The standard InChI is InChI=1S/C17H28N2O4S/c1-13(2)11-14(19-16(20)23-17(3,4)5)12-18-24(21,22)15-9-7-6-8-10-15/h6-10,13-14,18H,11-12H2,1-5H3,(H,19,20)/t14-/m0/s1. The predicted octanol–water partition coefficient (Wildman–Crippen LogP) is 2.90. The van der Waals surface area contributed by atoms with E-state index >= 15 is 0 Å². The lowest BCUT2D eigenvalue weighted by Crippen LogP contribution is -2.46. The molecule has 1 atom stereocenters. The van der Waals surface area contributed by atoms with Gasteiger partial charge in [-0.1, -0.05) is 32.0 Å². The van der Waals surface area contributed by atoms with E-state index in [0.29, 0.717) is 12.3 Å². The minimum absolute atomic E-state index is 0.106. The molecule has 0 spiro atoms. The van der Waals surface area contributed by atoms with Crippen LogP contribution in [0.25, 0.3) is 0 Å². The molecule has 0 aliphatic carbocycles. The maximum atomic E-state index is 12.3. The third-order valence-electron chi connectivity index (χ3n) is 3.05. The van der Waals surface area contributed by atoms with Gasteiger partial charge in [-0.2, -0.15) is 0 Å². The van der Waals surface area contributed by atoms with Crippen LogP contribution < -0.4 is 10.0 Å². The Kier molecular flexibility index (Phi) is 7.23. The molecule has 0 saturated carbocycles. The number of carbonyl (C=O) groups excluding carboxylic acids is 1. The van der Waals surface area contributed by atoms with Crippen molar-refractivity contribution in [3.05, 3.63) is 30.3 Å². The molecular formula is C17H28N2O4S. The van der Waals surface area contributed by atoms with Crippen molar-refractivity contribution in [2.75, 3.05) is 6.54 Å². The SMILES string of the molecule is CC(C)C[C@@H](CNS(=O)(=O)c1ccccc1)NC(=O)OC(C)(C)C. The zero-order valence-electron chi connectivity index (χ0n) is 15.0. The molecule has 0 saturated heterocycles. The van der Waals surface area contributed by atoms with E-state index in [0.717, 1.165) is 0 Å². The fourth-order valence-electron chi connectivity index (χ4n) is 2.13. The highest BCUT2D eigenvalue weighted by molar-refractivity contribution is 7.89. The number of nitrogens with one attached hydrogen (secondary N) is 2. The Morgan fingerprint density at radius 1 is 1.17 bits per heavy atom. The topological polar surface area (TPSA) is 84.5 Å². The Bertz CT molecular complexity index is 622. The third kappa shape index (κ3) is 7.79. The van der Waals surface area contributed by atoms with Gasteiger partial charge in [0.05, 0.1) is 4.90 Å². The molecule has 24 heavy (non-hydrogen) atoms. The summed E-state index contributed by atoms with van der Waals surface area (Å²) in [5.41, 5.74) is -0.601. The zero-order chi connectivity index (χ0) is 18.4. The Hall–Kier alpha value is -1.60. The first-order valence-corrected chi connectivity index (χ1v) is 9.52. The lowest BCUT2D eigenvalue weighted by Gasteiger charge is -2.24. The average Bonchev–Trinajstić information content (AvgIpc) is 2.43. The van der Waals surface area contributed by atoms with Crippen molar-refractivity contribution in [1.29, 1.82) is 0 Å². The first kappa shape index (κ1) is 20.4. The van der Waals surface area contributed by atoms with Crippen LogP contribution in [0, 0.1) is 5.92 Å². The second-order valence-electron chi connectivity index (χ2n) is 7.14. The number of hydrogen-bond acceptors (Lipinski definition) is 4. The van der Waals surface area contributed by atoms with Gasteiger partial charge in [-0.05, 0) is 45.2 Å². The van der Waals surface area contributed by atoms with Crippen molar-refractivity contribution < 1.29 is 17.9 Å². The second-order valence-corrected chi connectivity index (χ2v) is 8.90. The maximum absolute atomic E-state index is 12.3. The highest BCUT2D eigenvalue weighted by atomic mass is 32.2. The second kappa shape index (κ2) is 8.48. The first-order chi connectivity index (χ1) is 11.0. The molecule has 1 rings (SSSR count). The number of ether oxygens (including phenoxy) is 1. The summed E-state index contributed by atoms with van der Waals surface area (Å²) in [6.07, 6.45) is 0.0864. The average molecular weight is 356 g/mol. The van der Waals surface area contributed by atoms with Gasteiger partial charge in [0.25, 0.3) is 0 Å². The Morgan fingerprint density at radius 3 is 2.25 bits per heavy atom. The molecule has 0 radical (unpaired) electrons. The van der Waals surface area contributed by atoms with Gasteiger partial charge in [-0.15, -0.1) is 0 Å². The van der Waals surface area contributed by atoms with Gasteiger partial charge in [0.2, 0.25) is 10.0 Å². The summed E-state index contributed by atoms with van der Waals surface area (Å²) >= 11 is 0. The van der Waals surface area contributed by atoms with Crippen molar-refractivity contribution in [3.63, 3.8) is 0 Å². The molecule has 0 fully saturated rings. The summed E-state index contributed by atoms with van der Waals surface area (Å²) in [7, 11) is -3.60. The number of hydrogen-bond donors (Lipinski definition) is 2. The van der Waals surface area contributed by atoms with E-state index in [1.165, 1.54) is 12.1 Å². The summed E-state index contributed by atoms with van der Waals surface area (Å²) < 4.78 is 32.4. The van der Waals surface area contributed by atoms with E-state index in [2.05, 4.69) is 10.0 Å². The minimum atomic E-state index is -3.60. The molecule has 1 aromatic rings. The molecule has 0 aliphatic heterocycles. The fourth-order valence-corrected chi connectivity index (χ4v) is 3.23. The van der Waals surface area contributed by atoms with Crippen LogP contribution in [0.3, 0.4) is 0 Å². The minimum Gasteiger partial charge on any atom is -0.444 e. The Balaban J connectivity index is 2.71. The molecule has 0 bridgehead atoms. The van der Waals surface area contributed by atoms with Crippen LogP contribution in [0.1, 0.15) is 41.0 Å². The van der Waals surface area contributed by atoms with Gasteiger partial charge >= 0.3 is 6.09 Å². The summed E-state index contributed by atoms with van der Waals surface area (Å²) in [5.74, 6) is 0.297. The number of carbonyl (C=O) groups is 1. The van der Waals surface area contributed by atoms with Crippen molar-refractivity contribution >= 4 is 16.1 Å². The molecule has 1 amide bonds. The number of rotatable bonds is 7. The van der Waals surface area contributed by atoms with Crippen LogP contribution in [0.15, 0.2) is 35.2 Å². The summed E-state index contributed by atoms with van der Waals surface area (Å²) in [4.78, 5) is 12.1. The molecule has 0 aromatic heterocycles. The molecule has 7 heteroatoms. The fraction of sp³-hybridized carbons (Fsp3) is 0.588. The number of amides is 1. The van der Waals surface area contributed by atoms with Crippen LogP contribution in [0.5, 0.6) is 0 Å². The van der Waals surface area contributed by atoms with Gasteiger partial charge in [0.15, 0.2) is 0 Å². The van der Waals surface area contributed by atoms with E-state index < -0.39 is 21.7 Å². The van der Waals surface area contributed by atoms with Crippen LogP contribution in [-0.2, 0) is 14.8 Å². The van der Waals surface area contributed by atoms with E-state index in [9.17, 15) is 13.2 Å². The summed E-state index contributed by atoms with van der Waals surface area (Å²) in [5, 5.41) is 2.74. The molecule has 0 aliphatic rings. The van der Waals surface area contributed by atoms with Gasteiger partial charge in [0.1, 0.15) is 5.60 Å². The molecule has 6 nitrogen and oxygen atoms in total. The summed E-state index contributed by atoms with van der Waals surface area (Å²) in [6.45, 7) is 9.46.